The van der Waals surface area contributed by atoms with Gasteiger partial charge in [0.05, 0.1) is 6.26 Å². The van der Waals surface area contributed by atoms with Gasteiger partial charge in [0.2, 0.25) is 5.91 Å². The number of furan rings is 1. The molecular formula is C24H23N3O5. The molecule has 0 spiro atoms. The van der Waals surface area contributed by atoms with Crippen molar-refractivity contribution in [2.75, 3.05) is 6.54 Å². The van der Waals surface area contributed by atoms with Crippen LogP contribution in [0, 0.1) is 0 Å². The second-order valence-corrected chi connectivity index (χ2v) is 7.13. The number of benzene rings is 2. The minimum absolute atomic E-state index is 0.0435. The first kappa shape index (κ1) is 21.2. The van der Waals surface area contributed by atoms with Crippen LogP contribution in [-0.4, -0.2) is 27.1 Å². The van der Waals surface area contributed by atoms with E-state index < -0.39 is 5.76 Å². The molecule has 8 nitrogen and oxygen atoms in total. The highest BCUT2D eigenvalue weighted by atomic mass is 16.5. The molecule has 0 N–H and O–H groups in total. The van der Waals surface area contributed by atoms with Gasteiger partial charge < -0.3 is 18.5 Å². The molecule has 2 aromatic carbocycles. The fourth-order valence-electron chi connectivity index (χ4n) is 3.16. The second kappa shape index (κ2) is 9.82. The van der Waals surface area contributed by atoms with E-state index >= 15 is 0 Å². The maximum Gasteiger partial charge on any atom is 0.437 e. The molecule has 32 heavy (non-hydrogen) atoms. The van der Waals surface area contributed by atoms with E-state index in [-0.39, 0.29) is 18.3 Å². The van der Waals surface area contributed by atoms with Crippen LogP contribution in [0.2, 0.25) is 0 Å². The van der Waals surface area contributed by atoms with E-state index in [4.69, 9.17) is 13.6 Å². The maximum atomic E-state index is 12.8. The van der Waals surface area contributed by atoms with Crippen molar-refractivity contribution in [3.63, 3.8) is 0 Å². The molecule has 4 rings (SSSR count). The Kier molecular flexibility index (Phi) is 6.50. The maximum absolute atomic E-state index is 12.8. The third-order valence-corrected chi connectivity index (χ3v) is 4.90. The van der Waals surface area contributed by atoms with Crippen LogP contribution in [0.3, 0.4) is 0 Å². The van der Waals surface area contributed by atoms with Crippen molar-refractivity contribution in [1.29, 1.82) is 0 Å². The molecular weight excluding hydrogens is 410 g/mol. The van der Waals surface area contributed by atoms with Gasteiger partial charge in [-0.15, -0.1) is 5.10 Å². The van der Waals surface area contributed by atoms with Gasteiger partial charge in [0.25, 0.3) is 5.89 Å². The molecule has 0 aliphatic heterocycles. The lowest BCUT2D eigenvalue weighted by molar-refractivity contribution is -0.132. The molecule has 164 valence electrons. The van der Waals surface area contributed by atoms with Crippen molar-refractivity contribution in [2.45, 2.75) is 26.6 Å². The van der Waals surface area contributed by atoms with Crippen LogP contribution in [0.4, 0.5) is 0 Å². The summed E-state index contributed by atoms with van der Waals surface area (Å²) in [5.41, 5.74) is 2.05. The van der Waals surface area contributed by atoms with Crippen molar-refractivity contribution >= 4 is 5.91 Å². The van der Waals surface area contributed by atoms with E-state index in [9.17, 15) is 9.59 Å². The van der Waals surface area contributed by atoms with E-state index in [0.717, 1.165) is 21.6 Å². The Morgan fingerprint density at radius 1 is 1.03 bits per heavy atom. The average molecular weight is 433 g/mol. The number of carbonyl (C=O) groups excluding carboxylic acids is 1. The normalized spacial score (nSPS) is 10.8. The fraction of sp³-hybridized carbons (Fsp3) is 0.208. The number of aromatic nitrogens is 2. The van der Waals surface area contributed by atoms with Crippen molar-refractivity contribution in [3.8, 4) is 17.4 Å². The first-order valence-corrected chi connectivity index (χ1v) is 10.3. The molecule has 8 heteroatoms. The SMILES string of the molecule is CCN(Cc1ccc(OCc2ccccc2)cc1)C(=O)Cn1nc(-c2ccco2)oc1=O. The van der Waals surface area contributed by atoms with Gasteiger partial charge in [-0.3, -0.25) is 4.79 Å². The van der Waals surface area contributed by atoms with Crippen LogP contribution in [0.1, 0.15) is 18.1 Å². The van der Waals surface area contributed by atoms with E-state index in [1.54, 1.807) is 17.0 Å². The van der Waals surface area contributed by atoms with Gasteiger partial charge in [-0.1, -0.05) is 42.5 Å². The number of nitrogens with zero attached hydrogens (tertiary/aromatic N) is 3. The van der Waals surface area contributed by atoms with Crippen LogP contribution < -0.4 is 10.5 Å². The highest BCUT2D eigenvalue weighted by molar-refractivity contribution is 5.75. The molecule has 0 saturated heterocycles. The topological polar surface area (TPSA) is 90.7 Å². The molecule has 1 amide bonds. The van der Waals surface area contributed by atoms with Crippen LogP contribution in [0.25, 0.3) is 11.7 Å². The molecule has 0 atom stereocenters. The summed E-state index contributed by atoms with van der Waals surface area (Å²) in [6.07, 6.45) is 1.45. The minimum Gasteiger partial charge on any atom is -0.489 e. The Morgan fingerprint density at radius 2 is 1.81 bits per heavy atom. The Morgan fingerprint density at radius 3 is 2.50 bits per heavy atom. The average Bonchev–Trinajstić information content (AvgIpc) is 3.48. The Labute approximate surface area is 184 Å². The summed E-state index contributed by atoms with van der Waals surface area (Å²) in [6.45, 7) is 3.06. The standard InChI is InChI=1S/C24H23N3O5/c1-2-26(22(28)16-27-24(29)32-23(25-27)21-9-6-14-30-21)15-18-10-12-20(13-11-18)31-17-19-7-4-3-5-8-19/h3-14H,2,15-17H2,1H3. The first-order chi connectivity index (χ1) is 15.6. The van der Waals surface area contributed by atoms with Crippen molar-refractivity contribution in [1.82, 2.24) is 14.7 Å². The lowest BCUT2D eigenvalue weighted by Gasteiger charge is -2.20. The third kappa shape index (κ3) is 5.15. The van der Waals surface area contributed by atoms with Crippen LogP contribution in [-0.2, 0) is 24.5 Å². The zero-order chi connectivity index (χ0) is 22.3. The van der Waals surface area contributed by atoms with Gasteiger partial charge in [0.1, 0.15) is 18.9 Å². The molecule has 0 unspecified atom stereocenters. The van der Waals surface area contributed by atoms with E-state index in [1.165, 1.54) is 6.26 Å². The number of ether oxygens (including phenoxy) is 1. The summed E-state index contributed by atoms with van der Waals surface area (Å²) in [5.74, 6) is 0.183. The summed E-state index contributed by atoms with van der Waals surface area (Å²) >= 11 is 0. The smallest absolute Gasteiger partial charge is 0.437 e. The monoisotopic (exact) mass is 433 g/mol. The fourth-order valence-corrected chi connectivity index (χ4v) is 3.16. The molecule has 0 saturated carbocycles. The van der Waals surface area contributed by atoms with Gasteiger partial charge in [0.15, 0.2) is 5.76 Å². The summed E-state index contributed by atoms with van der Waals surface area (Å²) < 4.78 is 17.1. The first-order valence-electron chi connectivity index (χ1n) is 10.3. The largest absolute Gasteiger partial charge is 0.489 e. The third-order valence-electron chi connectivity index (χ3n) is 4.90. The Hall–Kier alpha value is -4.07. The number of hydrogen-bond acceptors (Lipinski definition) is 6. The highest BCUT2D eigenvalue weighted by Gasteiger charge is 2.18. The lowest BCUT2D eigenvalue weighted by atomic mass is 10.2. The van der Waals surface area contributed by atoms with Crippen LogP contribution >= 0.6 is 0 Å². The number of carbonyl (C=O) groups is 1. The summed E-state index contributed by atoms with van der Waals surface area (Å²) in [6, 6.07) is 20.8. The van der Waals surface area contributed by atoms with Gasteiger partial charge in [-0.2, -0.15) is 4.68 Å². The predicted molar refractivity (Wildman–Crippen MR) is 117 cm³/mol. The molecule has 0 bridgehead atoms. The number of likely N-dealkylation sites (N-methyl/N-ethyl adjacent to an activating group) is 1. The quantitative estimate of drug-likeness (QED) is 0.400. The van der Waals surface area contributed by atoms with Gasteiger partial charge in [0, 0.05) is 13.1 Å². The Balaban J connectivity index is 1.35. The number of amides is 1. The van der Waals surface area contributed by atoms with Gasteiger partial charge in [-0.05, 0) is 42.3 Å². The van der Waals surface area contributed by atoms with Crippen molar-refractivity contribution in [2.24, 2.45) is 0 Å². The summed E-state index contributed by atoms with van der Waals surface area (Å²) in [4.78, 5) is 26.5. The van der Waals surface area contributed by atoms with Crippen LogP contribution in [0.15, 0.2) is 86.6 Å². The van der Waals surface area contributed by atoms with Gasteiger partial charge >= 0.3 is 5.76 Å². The molecule has 0 radical (unpaired) electrons. The zero-order valence-corrected chi connectivity index (χ0v) is 17.6. The zero-order valence-electron chi connectivity index (χ0n) is 17.6. The molecule has 2 aromatic heterocycles. The number of hydrogen-bond donors (Lipinski definition) is 0. The molecule has 2 heterocycles. The van der Waals surface area contributed by atoms with E-state index in [0.29, 0.717) is 25.5 Å². The number of rotatable bonds is 9. The van der Waals surface area contributed by atoms with Crippen LogP contribution in [0.5, 0.6) is 5.75 Å². The summed E-state index contributed by atoms with van der Waals surface area (Å²) in [5, 5.41) is 4.05. The second-order valence-electron chi connectivity index (χ2n) is 7.13. The highest BCUT2D eigenvalue weighted by Crippen LogP contribution is 2.17. The predicted octanol–water partition coefficient (Wildman–Crippen LogP) is 3.72. The summed E-state index contributed by atoms with van der Waals surface area (Å²) in [7, 11) is 0. The molecule has 0 aliphatic rings. The Bertz CT molecular complexity index is 1190. The van der Waals surface area contributed by atoms with Crippen molar-refractivity contribution in [3.05, 3.63) is 94.7 Å². The molecule has 0 fully saturated rings. The van der Waals surface area contributed by atoms with Crippen molar-refractivity contribution < 1.29 is 18.4 Å². The van der Waals surface area contributed by atoms with Gasteiger partial charge in [-0.25, -0.2) is 4.79 Å². The van der Waals surface area contributed by atoms with E-state index in [2.05, 4.69) is 5.10 Å². The molecule has 4 aromatic rings. The lowest BCUT2D eigenvalue weighted by Crippen LogP contribution is -2.35. The van der Waals surface area contributed by atoms with E-state index in [1.807, 2.05) is 61.5 Å². The molecule has 0 aliphatic carbocycles. The minimum atomic E-state index is -0.708.